The molecule has 0 aliphatic carbocycles. The number of Topliss-reactive ketones (excluding diaryl/α,β-unsaturated/α-hetero) is 1. The van der Waals surface area contributed by atoms with E-state index in [0.717, 1.165) is 0 Å². The van der Waals surface area contributed by atoms with Crippen LogP contribution in [0.4, 0.5) is 0 Å². The summed E-state index contributed by atoms with van der Waals surface area (Å²) in [5.74, 6) is -4.28. The van der Waals surface area contributed by atoms with Crippen molar-refractivity contribution in [2.75, 3.05) is 13.2 Å². The molecule has 0 aromatic rings. The van der Waals surface area contributed by atoms with Crippen molar-refractivity contribution in [3.63, 3.8) is 0 Å². The highest BCUT2D eigenvalue weighted by Gasteiger charge is 2.30. The highest BCUT2D eigenvalue weighted by atomic mass is 16.5. The third kappa shape index (κ3) is 4.70. The van der Waals surface area contributed by atoms with Gasteiger partial charge in [0.2, 0.25) is 0 Å². The lowest BCUT2D eigenvalue weighted by Gasteiger charge is -2.12. The second-order valence-corrected chi connectivity index (χ2v) is 3.19. The number of hydrogen-bond acceptors (Lipinski definition) is 5. The van der Waals surface area contributed by atoms with Gasteiger partial charge in [0.25, 0.3) is 0 Å². The minimum Gasteiger partial charge on any atom is -0.481 e. The van der Waals surface area contributed by atoms with Crippen LogP contribution in [0.25, 0.3) is 0 Å². The Hall–Kier alpha value is -1.69. The molecule has 0 bridgehead atoms. The Kier molecular flexibility index (Phi) is 6.02. The van der Waals surface area contributed by atoms with E-state index < -0.39 is 30.1 Å². The summed E-state index contributed by atoms with van der Waals surface area (Å²) in [6.45, 7) is 4.08. The van der Waals surface area contributed by atoms with E-state index in [-0.39, 0.29) is 18.8 Å². The summed E-state index contributed by atoms with van der Waals surface area (Å²) in [6, 6.07) is 0. The van der Waals surface area contributed by atoms with E-state index >= 15 is 0 Å². The van der Waals surface area contributed by atoms with Crippen molar-refractivity contribution < 1.29 is 29.3 Å². The third-order valence-electron chi connectivity index (χ3n) is 1.74. The first kappa shape index (κ1) is 14.3. The van der Waals surface area contributed by atoms with Crippen molar-refractivity contribution in [3.8, 4) is 0 Å². The minimum absolute atomic E-state index is 0.0900. The molecule has 0 aliphatic rings. The van der Waals surface area contributed by atoms with Gasteiger partial charge in [-0.1, -0.05) is 6.58 Å². The maximum Gasteiger partial charge on any atom is 0.317 e. The van der Waals surface area contributed by atoms with Gasteiger partial charge in [0, 0.05) is 0 Å². The summed E-state index contributed by atoms with van der Waals surface area (Å²) in [7, 11) is 0. The molecule has 0 spiro atoms. The summed E-state index contributed by atoms with van der Waals surface area (Å²) < 4.78 is 4.51. The zero-order valence-electron chi connectivity index (χ0n) is 8.93. The summed E-state index contributed by atoms with van der Waals surface area (Å²) in [4.78, 5) is 33.3. The van der Waals surface area contributed by atoms with Crippen LogP contribution in [0.3, 0.4) is 0 Å². The third-order valence-corrected chi connectivity index (χ3v) is 1.74. The molecule has 6 nitrogen and oxygen atoms in total. The van der Waals surface area contributed by atoms with Crippen molar-refractivity contribution in [2.24, 2.45) is 5.92 Å². The topological polar surface area (TPSA) is 101 Å². The number of hydrogen-bond donors (Lipinski definition) is 2. The number of allylic oxidation sites excluding steroid dienone is 1. The molecule has 0 rings (SSSR count). The van der Waals surface area contributed by atoms with Crippen molar-refractivity contribution >= 4 is 17.7 Å². The maximum absolute atomic E-state index is 11.5. The molecule has 0 saturated carbocycles. The fraction of sp³-hybridized carbons (Fsp3) is 0.500. The summed E-state index contributed by atoms with van der Waals surface area (Å²) >= 11 is 0. The van der Waals surface area contributed by atoms with Crippen LogP contribution >= 0.6 is 0 Å². The first-order chi connectivity index (χ1) is 7.40. The number of ether oxygens (including phenoxy) is 1. The van der Waals surface area contributed by atoms with Gasteiger partial charge in [-0.3, -0.25) is 14.4 Å². The lowest BCUT2D eigenvalue weighted by molar-refractivity contribution is -0.156. The number of aliphatic carboxylic acids is 1. The largest absolute Gasteiger partial charge is 0.481 e. The van der Waals surface area contributed by atoms with Crippen molar-refractivity contribution in [1.82, 2.24) is 0 Å². The number of esters is 1. The minimum atomic E-state index is -1.39. The fourth-order valence-electron chi connectivity index (χ4n) is 1.00. The van der Waals surface area contributed by atoms with E-state index in [9.17, 15) is 14.4 Å². The first-order valence-electron chi connectivity index (χ1n) is 4.59. The van der Waals surface area contributed by atoms with Gasteiger partial charge in [0.15, 0.2) is 5.78 Å². The Morgan fingerprint density at radius 1 is 1.38 bits per heavy atom. The Morgan fingerprint density at radius 3 is 2.31 bits per heavy atom. The van der Waals surface area contributed by atoms with Crippen LogP contribution in [0.2, 0.25) is 0 Å². The molecule has 0 radical (unpaired) electrons. The lowest BCUT2D eigenvalue weighted by Crippen LogP contribution is -2.29. The van der Waals surface area contributed by atoms with Crippen LogP contribution in [0.1, 0.15) is 13.3 Å². The Labute approximate surface area is 92.5 Å². The highest BCUT2D eigenvalue weighted by Crippen LogP contribution is 2.12. The summed E-state index contributed by atoms with van der Waals surface area (Å²) in [5, 5.41) is 17.0. The number of carboxylic acid groups (broad SMARTS) is 1. The Morgan fingerprint density at radius 2 is 1.94 bits per heavy atom. The van der Waals surface area contributed by atoms with E-state index in [1.807, 2.05) is 0 Å². The number of carbonyl (C=O) groups is 3. The molecule has 0 amide bonds. The fourth-order valence-corrected chi connectivity index (χ4v) is 1.00. The molecule has 6 heteroatoms. The van der Waals surface area contributed by atoms with Gasteiger partial charge in [0.05, 0.1) is 13.0 Å². The summed E-state index contributed by atoms with van der Waals surface area (Å²) in [5.41, 5.74) is 0.0900. The quantitative estimate of drug-likeness (QED) is 0.355. The van der Waals surface area contributed by atoms with Gasteiger partial charge in [-0.2, -0.15) is 0 Å². The molecule has 0 heterocycles. The SMILES string of the molecule is C=C(C)C(=O)C(CC(=O)O)C(=O)OCCO. The second kappa shape index (κ2) is 6.73. The zero-order valence-corrected chi connectivity index (χ0v) is 8.93. The maximum atomic E-state index is 11.5. The van der Waals surface area contributed by atoms with E-state index in [1.165, 1.54) is 6.92 Å². The van der Waals surface area contributed by atoms with Gasteiger partial charge in [-0.15, -0.1) is 0 Å². The van der Waals surface area contributed by atoms with Gasteiger partial charge < -0.3 is 14.9 Å². The molecule has 90 valence electrons. The van der Waals surface area contributed by atoms with Crippen LogP contribution in [0.15, 0.2) is 12.2 Å². The van der Waals surface area contributed by atoms with Crippen LogP contribution in [-0.4, -0.2) is 41.1 Å². The molecular weight excluding hydrogens is 216 g/mol. The lowest BCUT2D eigenvalue weighted by atomic mass is 9.96. The van der Waals surface area contributed by atoms with Crippen molar-refractivity contribution in [1.29, 1.82) is 0 Å². The van der Waals surface area contributed by atoms with Crippen molar-refractivity contribution in [3.05, 3.63) is 12.2 Å². The second-order valence-electron chi connectivity index (χ2n) is 3.19. The number of rotatable bonds is 7. The number of carbonyl (C=O) groups excluding carboxylic acids is 2. The number of carboxylic acids is 1. The van der Waals surface area contributed by atoms with E-state index in [2.05, 4.69) is 11.3 Å². The van der Waals surface area contributed by atoms with E-state index in [1.54, 1.807) is 0 Å². The molecule has 0 saturated heterocycles. The Balaban J connectivity index is 4.65. The highest BCUT2D eigenvalue weighted by molar-refractivity contribution is 6.09. The van der Waals surface area contributed by atoms with Crippen molar-refractivity contribution in [2.45, 2.75) is 13.3 Å². The Bertz CT molecular complexity index is 306. The molecule has 1 unspecified atom stereocenters. The average molecular weight is 230 g/mol. The number of aliphatic hydroxyl groups is 1. The monoisotopic (exact) mass is 230 g/mol. The normalized spacial score (nSPS) is 11.6. The zero-order chi connectivity index (χ0) is 12.7. The molecule has 0 fully saturated rings. The molecule has 1 atom stereocenters. The molecular formula is C10H14O6. The van der Waals surface area contributed by atoms with E-state index in [4.69, 9.17) is 10.2 Å². The van der Waals surface area contributed by atoms with Crippen LogP contribution in [-0.2, 0) is 19.1 Å². The summed E-state index contributed by atoms with van der Waals surface area (Å²) in [6.07, 6.45) is -0.643. The van der Waals surface area contributed by atoms with Crippen LogP contribution in [0, 0.1) is 5.92 Å². The number of ketones is 1. The van der Waals surface area contributed by atoms with Gasteiger partial charge >= 0.3 is 11.9 Å². The van der Waals surface area contributed by atoms with Gasteiger partial charge in [-0.25, -0.2) is 0 Å². The molecule has 2 N–H and O–H groups in total. The van der Waals surface area contributed by atoms with Crippen LogP contribution in [0.5, 0.6) is 0 Å². The molecule has 0 aromatic heterocycles. The van der Waals surface area contributed by atoms with E-state index in [0.29, 0.717) is 0 Å². The smallest absolute Gasteiger partial charge is 0.317 e. The standard InChI is InChI=1S/C10H14O6/c1-6(2)9(14)7(5-8(12)13)10(15)16-4-3-11/h7,11H,1,3-5H2,2H3,(H,12,13). The van der Waals surface area contributed by atoms with Crippen LogP contribution < -0.4 is 0 Å². The molecule has 0 aliphatic heterocycles. The van der Waals surface area contributed by atoms with Gasteiger partial charge in [0.1, 0.15) is 12.5 Å². The molecule has 16 heavy (non-hydrogen) atoms. The first-order valence-corrected chi connectivity index (χ1v) is 4.59. The number of aliphatic hydroxyl groups excluding tert-OH is 1. The van der Waals surface area contributed by atoms with Gasteiger partial charge in [-0.05, 0) is 12.5 Å². The predicted octanol–water partition coefficient (Wildman–Crippen LogP) is -0.242. The average Bonchev–Trinajstić information content (AvgIpc) is 2.21. The predicted molar refractivity (Wildman–Crippen MR) is 53.6 cm³/mol. The molecule has 0 aromatic carbocycles.